The lowest BCUT2D eigenvalue weighted by molar-refractivity contribution is -0.120. The number of carbonyl (C=O) groups excluding carboxylic acids is 1. The SMILES string of the molecule is Cc1c(CN(C)CC(O)c2ccc(S(N)(=O)=O)cc2)sc2c(=O)c(CC(=O)NCc3ccc(Cl)cc3)cn(C)c12. The van der Waals surface area contributed by atoms with Crippen molar-refractivity contribution >= 4 is 49.1 Å². The molecule has 1 unspecified atom stereocenters. The molecule has 0 aliphatic heterocycles. The number of halogens is 1. The Labute approximate surface area is 241 Å². The minimum atomic E-state index is -3.80. The predicted molar refractivity (Wildman–Crippen MR) is 158 cm³/mol. The zero-order valence-electron chi connectivity index (χ0n) is 22.3. The van der Waals surface area contributed by atoms with Crippen LogP contribution in [0.25, 0.3) is 10.2 Å². The van der Waals surface area contributed by atoms with E-state index in [1.54, 1.807) is 30.5 Å². The van der Waals surface area contributed by atoms with E-state index in [9.17, 15) is 23.1 Å². The molecule has 0 aliphatic carbocycles. The Morgan fingerprint density at radius 1 is 1.18 bits per heavy atom. The molecule has 0 bridgehead atoms. The van der Waals surface area contributed by atoms with E-state index in [-0.39, 0.29) is 29.2 Å². The van der Waals surface area contributed by atoms with Crippen LogP contribution in [-0.4, -0.2) is 42.5 Å². The average molecular weight is 603 g/mol. The Kier molecular flexibility index (Phi) is 9.13. The molecular weight excluding hydrogens is 572 g/mol. The molecule has 1 amide bonds. The zero-order valence-corrected chi connectivity index (χ0v) is 24.7. The number of nitrogens with zero attached hydrogens (tertiary/aromatic N) is 2. The Morgan fingerprint density at radius 3 is 2.45 bits per heavy atom. The second kappa shape index (κ2) is 12.2. The number of carbonyl (C=O) groups is 1. The third kappa shape index (κ3) is 6.98. The van der Waals surface area contributed by atoms with Crippen LogP contribution in [0.4, 0.5) is 0 Å². The number of aryl methyl sites for hydroxylation is 2. The summed E-state index contributed by atoms with van der Waals surface area (Å²) in [4.78, 5) is 28.8. The molecule has 4 rings (SSSR count). The van der Waals surface area contributed by atoms with E-state index < -0.39 is 16.1 Å². The van der Waals surface area contributed by atoms with E-state index in [2.05, 4.69) is 5.32 Å². The van der Waals surface area contributed by atoms with Crippen LogP contribution in [0.2, 0.25) is 5.02 Å². The van der Waals surface area contributed by atoms with Gasteiger partial charge < -0.3 is 15.0 Å². The van der Waals surface area contributed by atoms with Gasteiger partial charge in [0.1, 0.15) is 0 Å². The third-order valence-electron chi connectivity index (χ3n) is 6.66. The van der Waals surface area contributed by atoms with Crippen molar-refractivity contribution < 1.29 is 18.3 Å². The number of rotatable bonds is 10. The van der Waals surface area contributed by atoms with Gasteiger partial charge in [-0.15, -0.1) is 11.3 Å². The van der Waals surface area contributed by atoms with Gasteiger partial charge in [-0.25, -0.2) is 13.6 Å². The van der Waals surface area contributed by atoms with Crippen LogP contribution in [0.5, 0.6) is 0 Å². The topological polar surface area (TPSA) is 135 Å². The molecule has 212 valence electrons. The summed E-state index contributed by atoms with van der Waals surface area (Å²) in [5.41, 5.74) is 3.53. The van der Waals surface area contributed by atoms with E-state index in [0.29, 0.717) is 33.9 Å². The normalized spacial score (nSPS) is 12.7. The van der Waals surface area contributed by atoms with Crippen LogP contribution in [0.15, 0.2) is 64.4 Å². The number of nitrogens with two attached hydrogens (primary N) is 1. The van der Waals surface area contributed by atoms with Crippen molar-refractivity contribution in [3.05, 3.63) is 97.1 Å². The Bertz CT molecular complexity index is 1700. The van der Waals surface area contributed by atoms with Gasteiger partial charge in [0.25, 0.3) is 0 Å². The Hall–Kier alpha value is -3.06. The number of likely N-dealkylation sites (N-methyl/N-ethyl adjacent to an activating group) is 1. The van der Waals surface area contributed by atoms with Crippen molar-refractivity contribution in [2.45, 2.75) is 37.4 Å². The lowest BCUT2D eigenvalue weighted by Gasteiger charge is -2.20. The van der Waals surface area contributed by atoms with Crippen molar-refractivity contribution in [3.63, 3.8) is 0 Å². The fourth-order valence-corrected chi connectivity index (χ4v) is 6.58. The maximum absolute atomic E-state index is 13.3. The number of aromatic nitrogens is 1. The van der Waals surface area contributed by atoms with Gasteiger partial charge in [0.2, 0.25) is 21.4 Å². The maximum Gasteiger partial charge on any atom is 0.238 e. The predicted octanol–water partition coefficient (Wildman–Crippen LogP) is 3.23. The molecule has 0 spiro atoms. The first kappa shape index (κ1) is 29.9. The number of hydrogen-bond donors (Lipinski definition) is 3. The highest BCUT2D eigenvalue weighted by Gasteiger charge is 2.20. The summed E-state index contributed by atoms with van der Waals surface area (Å²) in [6, 6.07) is 13.0. The van der Waals surface area contributed by atoms with Gasteiger partial charge in [0.15, 0.2) is 0 Å². The summed E-state index contributed by atoms with van der Waals surface area (Å²) in [5, 5.41) is 19.3. The first-order chi connectivity index (χ1) is 18.8. The molecule has 0 saturated carbocycles. The van der Waals surface area contributed by atoms with E-state index in [1.165, 1.54) is 23.5 Å². The number of primary sulfonamides is 1. The molecule has 0 aliphatic rings. The number of aliphatic hydroxyl groups excluding tert-OH is 1. The van der Waals surface area contributed by atoms with E-state index in [0.717, 1.165) is 21.5 Å². The number of amides is 1. The highest BCUT2D eigenvalue weighted by molar-refractivity contribution is 7.89. The van der Waals surface area contributed by atoms with Crippen LogP contribution in [0, 0.1) is 6.92 Å². The standard InChI is InChI=1S/C28H31ClN4O5S2/c1-17-24(16-32(2)15-23(34)19-6-10-22(11-7-19)40(30,37)38)39-28-26(17)33(3)14-20(27(28)36)12-25(35)31-13-18-4-8-21(29)9-5-18/h4-11,14,23,34H,12-13,15-16H2,1-3H3,(H,31,35)(H2,30,37,38). The maximum atomic E-state index is 13.3. The highest BCUT2D eigenvalue weighted by atomic mass is 35.5. The second-order valence-corrected chi connectivity index (χ2v) is 12.9. The van der Waals surface area contributed by atoms with Crippen LogP contribution in [0.3, 0.4) is 0 Å². The summed E-state index contributed by atoms with van der Waals surface area (Å²) < 4.78 is 25.4. The Balaban J connectivity index is 1.45. The summed E-state index contributed by atoms with van der Waals surface area (Å²) in [6.45, 7) is 3.09. The van der Waals surface area contributed by atoms with Crippen LogP contribution >= 0.6 is 22.9 Å². The highest BCUT2D eigenvalue weighted by Crippen LogP contribution is 2.30. The molecule has 2 aromatic carbocycles. The van der Waals surface area contributed by atoms with E-state index >= 15 is 0 Å². The number of hydrogen-bond acceptors (Lipinski definition) is 7. The van der Waals surface area contributed by atoms with Gasteiger partial charge in [0, 0.05) is 48.3 Å². The van der Waals surface area contributed by atoms with Gasteiger partial charge in [-0.3, -0.25) is 14.5 Å². The molecule has 4 aromatic rings. The number of pyridine rings is 1. The van der Waals surface area contributed by atoms with Crippen molar-refractivity contribution in [3.8, 4) is 0 Å². The van der Waals surface area contributed by atoms with Gasteiger partial charge in [-0.1, -0.05) is 35.9 Å². The lowest BCUT2D eigenvalue weighted by Crippen LogP contribution is -2.27. The Morgan fingerprint density at radius 2 is 1.82 bits per heavy atom. The molecule has 0 fully saturated rings. The summed E-state index contributed by atoms with van der Waals surface area (Å²) in [5.74, 6) is -0.245. The zero-order chi connectivity index (χ0) is 29.2. The smallest absolute Gasteiger partial charge is 0.238 e. The number of benzene rings is 2. The van der Waals surface area contributed by atoms with Gasteiger partial charge in [-0.2, -0.15) is 0 Å². The van der Waals surface area contributed by atoms with Gasteiger partial charge in [-0.05, 0) is 54.9 Å². The summed E-state index contributed by atoms with van der Waals surface area (Å²) in [6.07, 6.45) is 0.839. The van der Waals surface area contributed by atoms with Gasteiger partial charge in [0.05, 0.1) is 27.6 Å². The lowest BCUT2D eigenvalue weighted by atomic mass is 10.1. The summed E-state index contributed by atoms with van der Waals surface area (Å²) >= 11 is 7.30. The monoisotopic (exact) mass is 602 g/mol. The molecule has 0 radical (unpaired) electrons. The van der Waals surface area contributed by atoms with Crippen LogP contribution in [-0.2, 0) is 41.4 Å². The molecule has 9 nitrogen and oxygen atoms in total. The fourth-order valence-electron chi connectivity index (χ4n) is 4.54. The van der Waals surface area contributed by atoms with Crippen LogP contribution < -0.4 is 15.9 Å². The molecule has 2 aromatic heterocycles. The molecule has 12 heteroatoms. The van der Waals surface area contributed by atoms with Gasteiger partial charge >= 0.3 is 0 Å². The number of aliphatic hydroxyl groups is 1. The quantitative estimate of drug-likeness (QED) is 0.255. The minimum absolute atomic E-state index is 0.0163. The molecule has 0 saturated heterocycles. The first-order valence-electron chi connectivity index (χ1n) is 12.4. The average Bonchev–Trinajstić information content (AvgIpc) is 3.22. The molecule has 1 atom stereocenters. The van der Waals surface area contributed by atoms with E-state index in [1.807, 2.05) is 42.6 Å². The molecular formula is C28H31ClN4O5S2. The molecule has 2 heterocycles. The minimum Gasteiger partial charge on any atom is -0.387 e. The van der Waals surface area contributed by atoms with Crippen LogP contribution in [0.1, 0.15) is 33.2 Å². The number of fused-ring (bicyclic) bond motifs is 1. The van der Waals surface area contributed by atoms with Crippen molar-refractivity contribution in [1.29, 1.82) is 0 Å². The third-order valence-corrected chi connectivity index (χ3v) is 9.11. The van der Waals surface area contributed by atoms with Crippen molar-refractivity contribution in [2.75, 3.05) is 13.6 Å². The van der Waals surface area contributed by atoms with Crippen molar-refractivity contribution in [1.82, 2.24) is 14.8 Å². The number of sulfonamides is 1. The first-order valence-corrected chi connectivity index (χ1v) is 15.2. The molecule has 4 N–H and O–H groups in total. The number of thiophene rings is 1. The van der Waals surface area contributed by atoms with E-state index in [4.69, 9.17) is 16.7 Å². The fraction of sp³-hybridized carbons (Fsp3) is 0.286. The summed E-state index contributed by atoms with van der Waals surface area (Å²) in [7, 11) is -0.0824. The number of nitrogens with one attached hydrogen (secondary N) is 1. The van der Waals surface area contributed by atoms with Crippen molar-refractivity contribution in [2.24, 2.45) is 12.2 Å². The largest absolute Gasteiger partial charge is 0.387 e. The molecule has 40 heavy (non-hydrogen) atoms. The second-order valence-electron chi connectivity index (χ2n) is 9.83.